The van der Waals surface area contributed by atoms with Crippen LogP contribution in [0.2, 0.25) is 0 Å². The summed E-state index contributed by atoms with van der Waals surface area (Å²) in [5.74, 6) is 0.835. The number of carbonyl (C=O) groups excluding carboxylic acids is 2. The number of ether oxygens (including phenoxy) is 2. The van der Waals surface area contributed by atoms with Crippen LogP contribution in [0.1, 0.15) is 38.5 Å². The van der Waals surface area contributed by atoms with E-state index in [1.54, 1.807) is 0 Å². The zero-order valence-corrected chi connectivity index (χ0v) is 11.8. The molecule has 112 valence electrons. The number of rotatable bonds is 6. The van der Waals surface area contributed by atoms with Crippen molar-refractivity contribution in [3.8, 4) is 0 Å². The SMILES string of the molecule is O=C(COC(=O)C1CCOCC1)NC(C1CC1)C1CC1. The van der Waals surface area contributed by atoms with E-state index in [0.717, 1.165) is 0 Å². The normalized spacial score (nSPS) is 23.6. The maximum Gasteiger partial charge on any atom is 0.309 e. The third-order valence-electron chi connectivity index (χ3n) is 4.49. The summed E-state index contributed by atoms with van der Waals surface area (Å²) >= 11 is 0. The van der Waals surface area contributed by atoms with E-state index in [-0.39, 0.29) is 24.4 Å². The molecule has 0 aromatic rings. The minimum Gasteiger partial charge on any atom is -0.455 e. The molecule has 2 aliphatic carbocycles. The van der Waals surface area contributed by atoms with Gasteiger partial charge in [0.2, 0.25) is 0 Å². The van der Waals surface area contributed by atoms with Crippen LogP contribution in [-0.4, -0.2) is 37.7 Å². The highest BCUT2D eigenvalue weighted by Crippen LogP contribution is 2.44. The number of hydrogen-bond acceptors (Lipinski definition) is 4. The first-order valence-corrected chi connectivity index (χ1v) is 7.78. The predicted octanol–water partition coefficient (Wildman–Crippen LogP) is 1.26. The van der Waals surface area contributed by atoms with Crippen LogP contribution in [-0.2, 0) is 19.1 Å². The smallest absolute Gasteiger partial charge is 0.309 e. The van der Waals surface area contributed by atoms with Crippen molar-refractivity contribution < 1.29 is 19.1 Å². The highest BCUT2D eigenvalue weighted by molar-refractivity contribution is 5.81. The van der Waals surface area contributed by atoms with Crippen molar-refractivity contribution in [2.75, 3.05) is 19.8 Å². The van der Waals surface area contributed by atoms with Crippen LogP contribution < -0.4 is 5.32 Å². The molecule has 3 aliphatic rings. The van der Waals surface area contributed by atoms with Gasteiger partial charge in [0.25, 0.3) is 5.91 Å². The Morgan fingerprint density at radius 3 is 2.20 bits per heavy atom. The standard InChI is InChI=1S/C15H23NO4/c17-13(16-14(10-1-2-10)11-3-4-11)9-20-15(18)12-5-7-19-8-6-12/h10-12,14H,1-9H2,(H,16,17). The van der Waals surface area contributed by atoms with Gasteiger partial charge < -0.3 is 14.8 Å². The zero-order valence-electron chi connectivity index (χ0n) is 11.8. The fraction of sp³-hybridized carbons (Fsp3) is 0.867. The second-order valence-electron chi connectivity index (χ2n) is 6.26. The average Bonchev–Trinajstić information content (AvgIpc) is 3.36. The fourth-order valence-corrected chi connectivity index (χ4v) is 2.95. The molecule has 0 bridgehead atoms. The molecular weight excluding hydrogens is 258 g/mol. The molecule has 0 aromatic carbocycles. The number of amides is 1. The largest absolute Gasteiger partial charge is 0.455 e. The summed E-state index contributed by atoms with van der Waals surface area (Å²) in [5.41, 5.74) is 0. The molecule has 3 rings (SSSR count). The second-order valence-corrected chi connectivity index (χ2v) is 6.26. The average molecular weight is 281 g/mol. The third kappa shape index (κ3) is 3.72. The van der Waals surface area contributed by atoms with Crippen molar-refractivity contribution in [3.63, 3.8) is 0 Å². The molecule has 1 amide bonds. The van der Waals surface area contributed by atoms with E-state index in [2.05, 4.69) is 5.32 Å². The summed E-state index contributed by atoms with van der Waals surface area (Å²) in [6.45, 7) is 1.08. The first-order chi connectivity index (χ1) is 9.74. The van der Waals surface area contributed by atoms with Gasteiger partial charge in [-0.3, -0.25) is 9.59 Å². The third-order valence-corrected chi connectivity index (χ3v) is 4.49. The molecule has 0 spiro atoms. The zero-order chi connectivity index (χ0) is 13.9. The van der Waals surface area contributed by atoms with Gasteiger partial charge in [-0.15, -0.1) is 0 Å². The van der Waals surface area contributed by atoms with Crippen LogP contribution in [0.15, 0.2) is 0 Å². The summed E-state index contributed by atoms with van der Waals surface area (Å²) in [6, 6.07) is 0.323. The summed E-state index contributed by atoms with van der Waals surface area (Å²) in [6.07, 6.45) is 6.31. The van der Waals surface area contributed by atoms with Gasteiger partial charge in [-0.25, -0.2) is 0 Å². The highest BCUT2D eigenvalue weighted by Gasteiger charge is 2.42. The molecule has 20 heavy (non-hydrogen) atoms. The van der Waals surface area contributed by atoms with Crippen LogP contribution in [0.3, 0.4) is 0 Å². The molecule has 0 aromatic heterocycles. The van der Waals surface area contributed by atoms with Crippen LogP contribution >= 0.6 is 0 Å². The molecule has 0 unspecified atom stereocenters. The van der Waals surface area contributed by atoms with Crippen molar-refractivity contribution in [3.05, 3.63) is 0 Å². The topological polar surface area (TPSA) is 64.6 Å². The molecule has 1 N–H and O–H groups in total. The van der Waals surface area contributed by atoms with Crippen molar-refractivity contribution in [1.82, 2.24) is 5.32 Å². The maximum atomic E-state index is 11.9. The Balaban J connectivity index is 1.38. The van der Waals surface area contributed by atoms with E-state index < -0.39 is 0 Å². The van der Waals surface area contributed by atoms with Gasteiger partial charge in [0.1, 0.15) is 0 Å². The molecular formula is C15H23NO4. The Bertz CT molecular complexity index is 358. The van der Waals surface area contributed by atoms with Crippen molar-refractivity contribution in [2.24, 2.45) is 17.8 Å². The van der Waals surface area contributed by atoms with Crippen LogP contribution in [0, 0.1) is 17.8 Å². The fourth-order valence-electron chi connectivity index (χ4n) is 2.95. The Hall–Kier alpha value is -1.10. The van der Waals surface area contributed by atoms with Gasteiger partial charge in [0, 0.05) is 19.3 Å². The first kappa shape index (κ1) is 13.9. The molecule has 5 nitrogen and oxygen atoms in total. The summed E-state index contributed by atoms with van der Waals surface area (Å²) < 4.78 is 10.3. The number of carbonyl (C=O) groups is 2. The summed E-state index contributed by atoms with van der Waals surface area (Å²) in [4.78, 5) is 23.7. The molecule has 5 heteroatoms. The van der Waals surface area contributed by atoms with Crippen molar-refractivity contribution >= 4 is 11.9 Å². The summed E-state index contributed by atoms with van der Waals surface area (Å²) in [7, 11) is 0. The van der Waals surface area contributed by atoms with Gasteiger partial charge in [-0.05, 0) is 50.4 Å². The van der Waals surface area contributed by atoms with Gasteiger partial charge >= 0.3 is 5.97 Å². The number of esters is 1. The lowest BCUT2D eigenvalue weighted by Crippen LogP contribution is -2.41. The van der Waals surface area contributed by atoms with E-state index in [0.29, 0.717) is 43.9 Å². The van der Waals surface area contributed by atoms with Crippen molar-refractivity contribution in [2.45, 2.75) is 44.6 Å². The molecule has 3 fully saturated rings. The molecule has 1 heterocycles. The van der Waals surface area contributed by atoms with Gasteiger partial charge in [0.15, 0.2) is 6.61 Å². The van der Waals surface area contributed by atoms with E-state index in [9.17, 15) is 9.59 Å². The molecule has 0 radical (unpaired) electrons. The van der Waals surface area contributed by atoms with E-state index >= 15 is 0 Å². The second kappa shape index (κ2) is 6.12. The van der Waals surface area contributed by atoms with Crippen LogP contribution in [0.4, 0.5) is 0 Å². The van der Waals surface area contributed by atoms with Crippen LogP contribution in [0.25, 0.3) is 0 Å². The predicted molar refractivity (Wildman–Crippen MR) is 71.9 cm³/mol. The van der Waals surface area contributed by atoms with Gasteiger partial charge in [-0.1, -0.05) is 0 Å². The van der Waals surface area contributed by atoms with Crippen molar-refractivity contribution in [1.29, 1.82) is 0 Å². The van der Waals surface area contributed by atoms with E-state index in [4.69, 9.17) is 9.47 Å². The lowest BCUT2D eigenvalue weighted by atomic mass is 10.0. The molecule has 2 saturated carbocycles. The van der Waals surface area contributed by atoms with E-state index in [1.165, 1.54) is 25.7 Å². The van der Waals surface area contributed by atoms with E-state index in [1.807, 2.05) is 0 Å². The maximum absolute atomic E-state index is 11.9. The molecule has 0 atom stereocenters. The van der Waals surface area contributed by atoms with Crippen LogP contribution in [0.5, 0.6) is 0 Å². The van der Waals surface area contributed by atoms with Gasteiger partial charge in [-0.2, -0.15) is 0 Å². The molecule has 1 aliphatic heterocycles. The minimum absolute atomic E-state index is 0.0980. The summed E-state index contributed by atoms with van der Waals surface area (Å²) in [5, 5.41) is 3.06. The number of hydrogen-bond donors (Lipinski definition) is 1. The lowest BCUT2D eigenvalue weighted by Gasteiger charge is -2.21. The van der Waals surface area contributed by atoms with Gasteiger partial charge in [0.05, 0.1) is 5.92 Å². The Morgan fingerprint density at radius 1 is 1.05 bits per heavy atom. The minimum atomic E-state index is -0.252. The molecule has 1 saturated heterocycles. The highest BCUT2D eigenvalue weighted by atomic mass is 16.5. The first-order valence-electron chi connectivity index (χ1n) is 7.78. The Labute approximate surface area is 119 Å². The number of nitrogens with one attached hydrogen (secondary N) is 1. The Morgan fingerprint density at radius 2 is 1.65 bits per heavy atom. The Kier molecular flexibility index (Phi) is 4.24. The lowest BCUT2D eigenvalue weighted by molar-refractivity contribution is -0.155. The monoisotopic (exact) mass is 281 g/mol. The quantitative estimate of drug-likeness (QED) is 0.744.